The van der Waals surface area contributed by atoms with E-state index in [0.29, 0.717) is 0 Å². The lowest BCUT2D eigenvalue weighted by Crippen LogP contribution is -1.98. The number of nitrogens with zero attached hydrogens (tertiary/aromatic N) is 2. The number of fused-ring (bicyclic) bond motifs is 1. The van der Waals surface area contributed by atoms with Crippen LogP contribution in [-0.4, -0.2) is 19.9 Å². The van der Waals surface area contributed by atoms with Gasteiger partial charge in [0, 0.05) is 35.9 Å². The van der Waals surface area contributed by atoms with Crippen molar-refractivity contribution in [3.63, 3.8) is 0 Å². The first-order chi connectivity index (χ1) is 8.25. The highest BCUT2D eigenvalue weighted by Gasteiger charge is 2.15. The summed E-state index contributed by atoms with van der Waals surface area (Å²) < 4.78 is 1.69. The van der Waals surface area contributed by atoms with E-state index in [1.54, 1.807) is 10.9 Å². The summed E-state index contributed by atoms with van der Waals surface area (Å²) in [6.45, 7) is 0. The molecule has 0 aliphatic heterocycles. The van der Waals surface area contributed by atoms with Crippen LogP contribution in [0.4, 0.5) is 0 Å². The Balaban J connectivity index is 2.12. The van der Waals surface area contributed by atoms with Crippen molar-refractivity contribution in [1.82, 2.24) is 14.8 Å². The van der Waals surface area contributed by atoms with E-state index in [1.165, 1.54) is 0 Å². The van der Waals surface area contributed by atoms with Crippen molar-refractivity contribution in [2.45, 2.75) is 6.10 Å². The molecular weight excluding hydrogens is 214 g/mol. The van der Waals surface area contributed by atoms with Gasteiger partial charge in [0.2, 0.25) is 0 Å². The number of hydrogen-bond acceptors (Lipinski definition) is 2. The zero-order valence-corrected chi connectivity index (χ0v) is 9.46. The van der Waals surface area contributed by atoms with Gasteiger partial charge in [-0.1, -0.05) is 12.1 Å². The number of hydrogen-bond donors (Lipinski definition) is 2. The molecule has 3 rings (SSSR count). The largest absolute Gasteiger partial charge is 0.384 e. The summed E-state index contributed by atoms with van der Waals surface area (Å²) >= 11 is 0. The number of aromatic nitrogens is 3. The van der Waals surface area contributed by atoms with Crippen LogP contribution in [0.2, 0.25) is 0 Å². The second kappa shape index (κ2) is 3.75. The topological polar surface area (TPSA) is 53.8 Å². The predicted molar refractivity (Wildman–Crippen MR) is 65.6 cm³/mol. The minimum Gasteiger partial charge on any atom is -0.384 e. The van der Waals surface area contributed by atoms with Crippen LogP contribution >= 0.6 is 0 Å². The van der Waals surface area contributed by atoms with Crippen molar-refractivity contribution < 1.29 is 5.11 Å². The molecule has 0 saturated carbocycles. The van der Waals surface area contributed by atoms with Gasteiger partial charge in [0.1, 0.15) is 6.10 Å². The molecule has 86 valence electrons. The molecule has 1 aromatic carbocycles. The van der Waals surface area contributed by atoms with Gasteiger partial charge >= 0.3 is 0 Å². The van der Waals surface area contributed by atoms with E-state index in [-0.39, 0.29) is 0 Å². The minimum atomic E-state index is -0.636. The highest BCUT2D eigenvalue weighted by Crippen LogP contribution is 2.27. The normalized spacial score (nSPS) is 13.1. The summed E-state index contributed by atoms with van der Waals surface area (Å²) in [5, 5.41) is 15.5. The molecule has 4 nitrogen and oxygen atoms in total. The molecule has 4 heteroatoms. The summed E-state index contributed by atoms with van der Waals surface area (Å²) in [7, 11) is 1.84. The van der Waals surface area contributed by atoms with Crippen molar-refractivity contribution in [2.24, 2.45) is 7.05 Å². The molecular formula is C13H13N3O. The van der Waals surface area contributed by atoms with Gasteiger partial charge in [-0.05, 0) is 17.7 Å². The number of aliphatic hydroxyl groups is 1. The maximum absolute atomic E-state index is 10.4. The number of benzene rings is 1. The maximum Gasteiger partial charge on any atom is 0.108 e. The van der Waals surface area contributed by atoms with E-state index in [0.717, 1.165) is 22.0 Å². The fourth-order valence-corrected chi connectivity index (χ4v) is 2.11. The Morgan fingerprint density at radius 1 is 1.35 bits per heavy atom. The Labute approximate surface area is 98.5 Å². The fraction of sp³-hybridized carbons (Fsp3) is 0.154. The summed E-state index contributed by atoms with van der Waals surface area (Å²) in [6, 6.07) is 7.85. The molecule has 0 amide bonds. The van der Waals surface area contributed by atoms with Gasteiger partial charge < -0.3 is 10.1 Å². The van der Waals surface area contributed by atoms with Crippen LogP contribution in [0.5, 0.6) is 0 Å². The van der Waals surface area contributed by atoms with Crippen LogP contribution in [0.15, 0.2) is 42.9 Å². The molecule has 0 radical (unpaired) electrons. The number of aryl methyl sites for hydroxylation is 1. The average Bonchev–Trinajstić information content (AvgIpc) is 2.95. The molecule has 1 unspecified atom stereocenters. The molecule has 0 aliphatic carbocycles. The van der Waals surface area contributed by atoms with Crippen LogP contribution < -0.4 is 0 Å². The first-order valence-corrected chi connectivity index (χ1v) is 5.48. The van der Waals surface area contributed by atoms with Crippen LogP contribution in [-0.2, 0) is 7.05 Å². The summed E-state index contributed by atoms with van der Waals surface area (Å²) in [5.41, 5.74) is 2.74. The summed E-state index contributed by atoms with van der Waals surface area (Å²) in [6.07, 6.45) is 4.76. The molecule has 3 aromatic rings. The quantitative estimate of drug-likeness (QED) is 0.703. The van der Waals surface area contributed by atoms with Gasteiger partial charge in [-0.3, -0.25) is 4.68 Å². The molecule has 17 heavy (non-hydrogen) atoms. The maximum atomic E-state index is 10.4. The zero-order valence-electron chi connectivity index (χ0n) is 9.46. The molecule has 2 heterocycles. The number of nitrogens with one attached hydrogen (secondary N) is 1. The van der Waals surface area contributed by atoms with E-state index in [1.807, 2.05) is 43.7 Å². The lowest BCUT2D eigenvalue weighted by molar-refractivity contribution is 0.222. The number of H-pyrrole nitrogens is 1. The third kappa shape index (κ3) is 1.62. The Kier molecular flexibility index (Phi) is 2.23. The van der Waals surface area contributed by atoms with E-state index in [2.05, 4.69) is 10.1 Å². The Hall–Kier alpha value is -2.07. The van der Waals surface area contributed by atoms with Crippen LogP contribution in [0.25, 0.3) is 10.9 Å². The number of aromatic amines is 1. The van der Waals surface area contributed by atoms with Gasteiger partial charge in [-0.25, -0.2) is 0 Å². The Bertz CT molecular complexity index is 653. The fourth-order valence-electron chi connectivity index (χ4n) is 2.11. The Morgan fingerprint density at radius 2 is 2.24 bits per heavy atom. The van der Waals surface area contributed by atoms with Gasteiger partial charge in [0.15, 0.2) is 0 Å². The molecule has 0 aliphatic rings. The monoisotopic (exact) mass is 227 g/mol. The Morgan fingerprint density at radius 3 is 3.00 bits per heavy atom. The standard InChI is InChI=1S/C13H13N3O/c1-16-8-9(7-15-16)13(17)11-3-2-4-12-10(11)5-6-14-12/h2-8,13-14,17H,1H3. The molecule has 0 bridgehead atoms. The lowest BCUT2D eigenvalue weighted by Gasteiger charge is -2.10. The minimum absolute atomic E-state index is 0.636. The summed E-state index contributed by atoms with van der Waals surface area (Å²) in [5.74, 6) is 0. The van der Waals surface area contributed by atoms with Crippen molar-refractivity contribution in [2.75, 3.05) is 0 Å². The van der Waals surface area contributed by atoms with Crippen molar-refractivity contribution in [3.8, 4) is 0 Å². The van der Waals surface area contributed by atoms with E-state index in [4.69, 9.17) is 0 Å². The van der Waals surface area contributed by atoms with Crippen molar-refractivity contribution in [1.29, 1.82) is 0 Å². The average molecular weight is 227 g/mol. The first kappa shape index (κ1) is 10.1. The van der Waals surface area contributed by atoms with Gasteiger partial charge in [0.25, 0.3) is 0 Å². The second-order valence-corrected chi connectivity index (χ2v) is 4.14. The van der Waals surface area contributed by atoms with Crippen molar-refractivity contribution in [3.05, 3.63) is 54.0 Å². The SMILES string of the molecule is Cn1cc(C(O)c2cccc3[nH]ccc23)cn1. The third-order valence-electron chi connectivity index (χ3n) is 2.96. The second-order valence-electron chi connectivity index (χ2n) is 4.14. The molecule has 1 atom stereocenters. The number of rotatable bonds is 2. The molecule has 0 spiro atoms. The highest BCUT2D eigenvalue weighted by molar-refractivity contribution is 5.83. The van der Waals surface area contributed by atoms with Crippen LogP contribution in [0.3, 0.4) is 0 Å². The van der Waals surface area contributed by atoms with Crippen LogP contribution in [0.1, 0.15) is 17.2 Å². The third-order valence-corrected chi connectivity index (χ3v) is 2.96. The van der Waals surface area contributed by atoms with E-state index >= 15 is 0 Å². The van der Waals surface area contributed by atoms with Gasteiger partial charge in [-0.2, -0.15) is 5.10 Å². The smallest absolute Gasteiger partial charge is 0.108 e. The number of aliphatic hydroxyl groups excluding tert-OH is 1. The van der Waals surface area contributed by atoms with Gasteiger partial charge in [0.05, 0.1) is 6.20 Å². The van der Waals surface area contributed by atoms with Crippen LogP contribution in [0, 0.1) is 0 Å². The predicted octanol–water partition coefficient (Wildman–Crippen LogP) is 1.98. The van der Waals surface area contributed by atoms with E-state index in [9.17, 15) is 5.11 Å². The van der Waals surface area contributed by atoms with E-state index < -0.39 is 6.10 Å². The van der Waals surface area contributed by atoms with Gasteiger partial charge in [-0.15, -0.1) is 0 Å². The molecule has 0 saturated heterocycles. The first-order valence-electron chi connectivity index (χ1n) is 5.48. The lowest BCUT2D eigenvalue weighted by atomic mass is 10.0. The molecule has 2 aromatic heterocycles. The molecule has 0 fully saturated rings. The van der Waals surface area contributed by atoms with Crippen molar-refractivity contribution >= 4 is 10.9 Å². The summed E-state index contributed by atoms with van der Waals surface area (Å²) in [4.78, 5) is 3.14. The highest BCUT2D eigenvalue weighted by atomic mass is 16.3. The molecule has 2 N–H and O–H groups in total. The zero-order chi connectivity index (χ0) is 11.8.